The van der Waals surface area contributed by atoms with Gasteiger partial charge >= 0.3 is 6.03 Å². The fourth-order valence-corrected chi connectivity index (χ4v) is 4.89. The smallest absolute Gasteiger partial charge is 0.317 e. The predicted molar refractivity (Wildman–Crippen MR) is 87.9 cm³/mol. The monoisotopic (exact) mass is 345 g/mol. The van der Waals surface area contributed by atoms with Gasteiger partial charge in [-0.1, -0.05) is 6.42 Å². The Labute approximate surface area is 138 Å². The maximum Gasteiger partial charge on any atom is 0.317 e. The van der Waals surface area contributed by atoms with Crippen molar-refractivity contribution in [2.75, 3.05) is 38.2 Å². The number of hydrogen-bond donors (Lipinski definition) is 1. The van der Waals surface area contributed by atoms with E-state index in [1.807, 2.05) is 4.90 Å². The Bertz CT molecular complexity index is 535. The number of rotatable bonds is 5. The van der Waals surface area contributed by atoms with Crippen molar-refractivity contribution < 1.29 is 18.0 Å². The molecule has 0 aromatic carbocycles. The van der Waals surface area contributed by atoms with Gasteiger partial charge in [-0.3, -0.25) is 4.79 Å². The summed E-state index contributed by atoms with van der Waals surface area (Å²) in [5.74, 6) is 0.424. The van der Waals surface area contributed by atoms with Crippen LogP contribution in [0.3, 0.4) is 0 Å². The van der Waals surface area contributed by atoms with Crippen LogP contribution < -0.4 is 5.32 Å². The van der Waals surface area contributed by atoms with Crippen LogP contribution in [0.25, 0.3) is 0 Å². The van der Waals surface area contributed by atoms with Crippen molar-refractivity contribution >= 4 is 21.8 Å². The molecule has 0 spiro atoms. The number of urea groups is 1. The summed E-state index contributed by atoms with van der Waals surface area (Å²) in [6.45, 7) is 1.97. The minimum absolute atomic E-state index is 0.0548. The molecule has 0 aromatic heterocycles. The number of nitrogens with zero attached hydrogens (tertiary/aromatic N) is 2. The molecule has 2 aliphatic rings. The SMILES string of the molecule is CN(C(=O)NCCCN1CCCCCC1=O)C1CCS(=O)(=O)C1. The average molecular weight is 345 g/mol. The number of likely N-dealkylation sites (tertiary alicyclic amines) is 1. The van der Waals surface area contributed by atoms with Crippen LogP contribution in [0, 0.1) is 0 Å². The molecule has 0 saturated carbocycles. The molecule has 1 N–H and O–H groups in total. The zero-order valence-electron chi connectivity index (χ0n) is 13.8. The van der Waals surface area contributed by atoms with Gasteiger partial charge in [0, 0.05) is 39.1 Å². The van der Waals surface area contributed by atoms with Gasteiger partial charge < -0.3 is 15.1 Å². The lowest BCUT2D eigenvalue weighted by Gasteiger charge is -2.24. The normalized spacial score (nSPS) is 24.3. The molecule has 7 nitrogen and oxygen atoms in total. The van der Waals surface area contributed by atoms with Gasteiger partial charge in [0.25, 0.3) is 0 Å². The summed E-state index contributed by atoms with van der Waals surface area (Å²) in [6, 6.07) is -0.471. The van der Waals surface area contributed by atoms with Crippen molar-refractivity contribution in [2.45, 2.75) is 44.6 Å². The Kier molecular flexibility index (Phi) is 6.26. The number of nitrogens with one attached hydrogen (secondary N) is 1. The summed E-state index contributed by atoms with van der Waals surface area (Å²) in [5, 5.41) is 2.81. The standard InChI is InChI=1S/C15H27N3O4S/c1-17(13-7-11-23(21,22)12-13)15(20)16-8-5-10-18-9-4-2-3-6-14(18)19/h13H,2-12H2,1H3,(H,16,20). The molecule has 2 aliphatic heterocycles. The summed E-state index contributed by atoms with van der Waals surface area (Å²) in [7, 11) is -1.35. The Balaban J connectivity index is 1.67. The molecule has 0 radical (unpaired) electrons. The molecule has 0 bridgehead atoms. The second-order valence-corrected chi connectivity index (χ2v) is 8.67. The first-order valence-corrected chi connectivity index (χ1v) is 10.2. The Morgan fingerprint density at radius 3 is 2.83 bits per heavy atom. The van der Waals surface area contributed by atoms with Gasteiger partial charge in [0.1, 0.15) is 0 Å². The van der Waals surface area contributed by atoms with Gasteiger partial charge in [0.15, 0.2) is 9.84 Å². The quantitative estimate of drug-likeness (QED) is 0.740. The van der Waals surface area contributed by atoms with E-state index in [1.165, 1.54) is 4.90 Å². The van der Waals surface area contributed by atoms with Crippen LogP contribution in [0.4, 0.5) is 4.79 Å². The lowest BCUT2D eigenvalue weighted by atomic mass is 10.2. The molecule has 2 saturated heterocycles. The van der Waals surface area contributed by atoms with Gasteiger partial charge in [0.2, 0.25) is 5.91 Å². The third kappa shape index (κ3) is 5.37. The Morgan fingerprint density at radius 1 is 1.35 bits per heavy atom. The molecule has 0 aliphatic carbocycles. The molecule has 2 heterocycles. The van der Waals surface area contributed by atoms with Crippen LogP contribution in [0.1, 0.15) is 38.5 Å². The van der Waals surface area contributed by atoms with Gasteiger partial charge in [-0.2, -0.15) is 0 Å². The van der Waals surface area contributed by atoms with Gasteiger partial charge in [-0.05, 0) is 25.7 Å². The van der Waals surface area contributed by atoms with E-state index in [9.17, 15) is 18.0 Å². The van der Waals surface area contributed by atoms with Gasteiger partial charge in [0.05, 0.1) is 11.5 Å². The van der Waals surface area contributed by atoms with Crippen LogP contribution in [-0.2, 0) is 14.6 Å². The summed E-state index contributed by atoms with van der Waals surface area (Å²) in [5.41, 5.74) is 0. The lowest BCUT2D eigenvalue weighted by Crippen LogP contribution is -2.45. The Hall–Kier alpha value is -1.31. The summed E-state index contributed by atoms with van der Waals surface area (Å²) >= 11 is 0. The van der Waals surface area contributed by atoms with E-state index in [2.05, 4.69) is 5.32 Å². The fourth-order valence-electron chi connectivity index (χ4n) is 3.11. The van der Waals surface area contributed by atoms with Crippen molar-refractivity contribution in [3.63, 3.8) is 0 Å². The Morgan fingerprint density at radius 2 is 2.13 bits per heavy atom. The minimum Gasteiger partial charge on any atom is -0.343 e. The maximum atomic E-state index is 12.1. The molecule has 0 aromatic rings. The minimum atomic E-state index is -2.99. The first-order valence-electron chi connectivity index (χ1n) is 8.38. The van der Waals surface area contributed by atoms with Crippen LogP contribution in [0.15, 0.2) is 0 Å². The van der Waals surface area contributed by atoms with Gasteiger partial charge in [-0.25, -0.2) is 13.2 Å². The van der Waals surface area contributed by atoms with Crippen molar-refractivity contribution in [3.8, 4) is 0 Å². The zero-order chi connectivity index (χ0) is 16.9. The highest BCUT2D eigenvalue weighted by Gasteiger charge is 2.32. The van der Waals surface area contributed by atoms with Crippen LogP contribution in [0.5, 0.6) is 0 Å². The molecule has 1 atom stereocenters. The molecule has 2 rings (SSSR count). The number of hydrogen-bond acceptors (Lipinski definition) is 4. The summed E-state index contributed by atoms with van der Waals surface area (Å²) in [6.07, 6.45) is 4.99. The van der Waals surface area contributed by atoms with Crippen molar-refractivity contribution in [2.24, 2.45) is 0 Å². The molecule has 1 unspecified atom stereocenters. The second-order valence-electron chi connectivity index (χ2n) is 6.44. The second kappa shape index (κ2) is 7.99. The fraction of sp³-hybridized carbons (Fsp3) is 0.867. The maximum absolute atomic E-state index is 12.1. The molecular formula is C15H27N3O4S. The van der Waals surface area contributed by atoms with Crippen LogP contribution in [0.2, 0.25) is 0 Å². The van der Waals surface area contributed by atoms with Crippen molar-refractivity contribution in [3.05, 3.63) is 0 Å². The first-order chi connectivity index (χ1) is 10.9. The van der Waals surface area contributed by atoms with E-state index in [4.69, 9.17) is 0 Å². The third-order valence-corrected chi connectivity index (χ3v) is 6.38. The first kappa shape index (κ1) is 18.0. The molecule has 8 heteroatoms. The van der Waals surface area contributed by atoms with Crippen molar-refractivity contribution in [1.29, 1.82) is 0 Å². The lowest BCUT2D eigenvalue weighted by molar-refractivity contribution is -0.130. The summed E-state index contributed by atoms with van der Waals surface area (Å²) < 4.78 is 22.9. The van der Waals surface area contributed by atoms with E-state index in [-0.39, 0.29) is 29.5 Å². The van der Waals surface area contributed by atoms with E-state index >= 15 is 0 Å². The number of amides is 3. The van der Waals surface area contributed by atoms with E-state index in [0.717, 1.165) is 25.8 Å². The number of carbonyl (C=O) groups is 2. The largest absolute Gasteiger partial charge is 0.343 e. The van der Waals surface area contributed by atoms with E-state index < -0.39 is 9.84 Å². The predicted octanol–water partition coefficient (Wildman–Crippen LogP) is 0.608. The van der Waals surface area contributed by atoms with E-state index in [0.29, 0.717) is 32.4 Å². The van der Waals surface area contributed by atoms with Crippen LogP contribution >= 0.6 is 0 Å². The molecule has 23 heavy (non-hydrogen) atoms. The average Bonchev–Trinajstić information content (AvgIpc) is 2.74. The molecule has 132 valence electrons. The molecular weight excluding hydrogens is 318 g/mol. The highest BCUT2D eigenvalue weighted by Crippen LogP contribution is 2.16. The highest BCUT2D eigenvalue weighted by atomic mass is 32.2. The number of sulfone groups is 1. The molecule has 2 fully saturated rings. The third-order valence-electron chi connectivity index (χ3n) is 4.63. The van der Waals surface area contributed by atoms with Gasteiger partial charge in [-0.15, -0.1) is 0 Å². The molecule has 3 amide bonds. The zero-order valence-corrected chi connectivity index (χ0v) is 14.6. The highest BCUT2D eigenvalue weighted by molar-refractivity contribution is 7.91. The summed E-state index contributed by atoms with van der Waals surface area (Å²) in [4.78, 5) is 27.3. The van der Waals surface area contributed by atoms with Crippen molar-refractivity contribution in [1.82, 2.24) is 15.1 Å². The topological polar surface area (TPSA) is 86.8 Å². The van der Waals surface area contributed by atoms with Crippen LogP contribution in [-0.4, -0.2) is 74.4 Å². The van der Waals surface area contributed by atoms with E-state index in [1.54, 1.807) is 7.05 Å². The number of carbonyl (C=O) groups excluding carboxylic acids is 2.